The fraction of sp³-hybridized carbons (Fsp3) is 0.467. The first-order valence-corrected chi connectivity index (χ1v) is 17.9. The Morgan fingerprint density at radius 1 is 1.13 bits per heavy atom. The van der Waals surface area contributed by atoms with Crippen LogP contribution in [0.4, 0.5) is 0 Å². The molecular weight excluding hydrogens is 530 g/mol. The van der Waals surface area contributed by atoms with E-state index in [1.807, 2.05) is 34.9 Å². The number of ether oxygens (including phenoxy) is 3. The van der Waals surface area contributed by atoms with Crippen molar-refractivity contribution in [2.75, 3.05) is 26.3 Å². The van der Waals surface area contributed by atoms with E-state index in [9.17, 15) is 4.79 Å². The second-order valence-electron chi connectivity index (χ2n) is 11.7. The fourth-order valence-electron chi connectivity index (χ4n) is 5.22. The summed E-state index contributed by atoms with van der Waals surface area (Å²) in [5.41, 5.74) is 2.85. The lowest BCUT2D eigenvalue weighted by Crippen LogP contribution is -2.34. The van der Waals surface area contributed by atoms with E-state index in [1.54, 1.807) is 6.20 Å². The highest BCUT2D eigenvalue weighted by molar-refractivity contribution is 6.76. The van der Waals surface area contributed by atoms with Crippen molar-refractivity contribution in [2.45, 2.75) is 63.8 Å². The molecule has 0 N–H and O–H groups in total. The van der Waals surface area contributed by atoms with Gasteiger partial charge in [-0.15, -0.1) is 0 Å². The summed E-state index contributed by atoms with van der Waals surface area (Å²) in [6.07, 6.45) is 4.42. The van der Waals surface area contributed by atoms with Gasteiger partial charge in [-0.2, -0.15) is 0 Å². The van der Waals surface area contributed by atoms with Gasteiger partial charge in [0.2, 0.25) is 0 Å². The van der Waals surface area contributed by atoms with E-state index in [2.05, 4.69) is 41.7 Å². The maximum absolute atomic E-state index is 11.6. The molecule has 0 bridgehead atoms. The van der Waals surface area contributed by atoms with Crippen LogP contribution in [0.25, 0.3) is 0 Å². The Labute approximate surface area is 237 Å². The summed E-state index contributed by atoms with van der Waals surface area (Å²) in [4.78, 5) is 18.6. The number of carbonyl (C=O) groups is 1. The van der Waals surface area contributed by atoms with Crippen molar-refractivity contribution in [3.05, 3.63) is 76.3 Å². The van der Waals surface area contributed by atoms with Gasteiger partial charge in [0.15, 0.2) is 23.9 Å². The average molecular weight is 568 g/mol. The molecule has 9 heteroatoms. The number of halogens is 1. The SMILES string of the molecule is C[Si](C)(C)CCOCn1c(C=O)cnc1CN1CCC(c2cccc3c2OCC(c2ccc(Cl)cc2)O3)CC1. The Hall–Kier alpha value is -2.65. The Morgan fingerprint density at radius 2 is 1.90 bits per heavy atom. The van der Waals surface area contributed by atoms with Gasteiger partial charge < -0.3 is 18.8 Å². The lowest BCUT2D eigenvalue weighted by atomic mass is 9.88. The highest BCUT2D eigenvalue weighted by Crippen LogP contribution is 2.44. The molecule has 208 valence electrons. The number of aromatic nitrogens is 2. The number of carbonyl (C=O) groups excluding carboxylic acids is 1. The van der Waals surface area contributed by atoms with Gasteiger partial charge in [0.05, 0.1) is 12.7 Å². The number of piperidine rings is 1. The van der Waals surface area contributed by atoms with Crippen molar-refractivity contribution in [3.8, 4) is 11.5 Å². The summed E-state index contributed by atoms with van der Waals surface area (Å²) in [6.45, 7) is 11.2. The number of para-hydroxylation sites is 1. The third kappa shape index (κ3) is 6.92. The van der Waals surface area contributed by atoms with Gasteiger partial charge in [0.25, 0.3) is 0 Å². The van der Waals surface area contributed by atoms with E-state index in [0.29, 0.717) is 43.1 Å². The van der Waals surface area contributed by atoms with Gasteiger partial charge in [-0.3, -0.25) is 9.69 Å². The zero-order chi connectivity index (χ0) is 27.4. The van der Waals surface area contributed by atoms with E-state index in [1.165, 1.54) is 5.56 Å². The van der Waals surface area contributed by atoms with Crippen LogP contribution in [0.5, 0.6) is 11.5 Å². The Morgan fingerprint density at radius 3 is 2.62 bits per heavy atom. The molecule has 0 aliphatic carbocycles. The first kappa shape index (κ1) is 27.9. The van der Waals surface area contributed by atoms with E-state index in [0.717, 1.165) is 61.1 Å². The number of nitrogens with zero attached hydrogens (tertiary/aromatic N) is 3. The number of benzene rings is 2. The highest BCUT2D eigenvalue weighted by Gasteiger charge is 2.30. The van der Waals surface area contributed by atoms with Gasteiger partial charge in [0, 0.05) is 25.3 Å². The standard InChI is InChI=1S/C30H38ClN3O4Si/c1-39(2,3)16-15-36-21-34-25(19-35)17-32-29(34)18-33-13-11-22(12-14-33)26-5-4-6-27-30(26)37-20-28(38-27)23-7-9-24(31)10-8-23/h4-10,17,19,22,28H,11-16,18,20-21H2,1-3H3. The predicted octanol–water partition coefficient (Wildman–Crippen LogP) is 6.55. The van der Waals surface area contributed by atoms with E-state index in [4.69, 9.17) is 25.8 Å². The van der Waals surface area contributed by atoms with Gasteiger partial charge >= 0.3 is 0 Å². The smallest absolute Gasteiger partial charge is 0.168 e. The summed E-state index contributed by atoms with van der Waals surface area (Å²) in [5, 5.41) is 0.712. The zero-order valence-electron chi connectivity index (χ0n) is 23.1. The summed E-state index contributed by atoms with van der Waals surface area (Å²) in [7, 11) is -1.16. The number of aldehydes is 1. The van der Waals surface area contributed by atoms with Crippen LogP contribution < -0.4 is 9.47 Å². The lowest BCUT2D eigenvalue weighted by molar-refractivity contribution is 0.0785. The molecule has 2 aromatic carbocycles. The molecule has 2 aliphatic rings. The molecule has 7 nitrogen and oxygen atoms in total. The monoisotopic (exact) mass is 567 g/mol. The summed E-state index contributed by atoms with van der Waals surface area (Å²) < 4.78 is 20.5. The molecule has 1 aromatic heterocycles. The third-order valence-corrected chi connectivity index (χ3v) is 9.55. The number of rotatable bonds is 10. The van der Waals surface area contributed by atoms with Gasteiger partial charge in [-0.25, -0.2) is 4.98 Å². The summed E-state index contributed by atoms with van der Waals surface area (Å²) >= 11 is 6.05. The van der Waals surface area contributed by atoms with E-state index >= 15 is 0 Å². The minimum atomic E-state index is -1.16. The molecule has 0 radical (unpaired) electrons. The molecule has 3 aromatic rings. The highest BCUT2D eigenvalue weighted by atomic mass is 35.5. The predicted molar refractivity (Wildman–Crippen MR) is 156 cm³/mol. The topological polar surface area (TPSA) is 65.8 Å². The van der Waals surface area contributed by atoms with E-state index < -0.39 is 8.07 Å². The molecule has 0 saturated carbocycles. The first-order chi connectivity index (χ1) is 18.8. The molecule has 1 unspecified atom stereocenters. The van der Waals surface area contributed by atoms with Crippen LogP contribution in [-0.4, -0.2) is 55.1 Å². The second-order valence-corrected chi connectivity index (χ2v) is 17.7. The maximum atomic E-state index is 11.6. The van der Waals surface area contributed by atoms with Crippen LogP contribution >= 0.6 is 11.6 Å². The van der Waals surface area contributed by atoms with Crippen LogP contribution in [0.1, 0.15) is 52.3 Å². The largest absolute Gasteiger partial charge is 0.485 e. The van der Waals surface area contributed by atoms with Gasteiger partial charge in [0.1, 0.15) is 24.9 Å². The van der Waals surface area contributed by atoms with Crippen LogP contribution in [-0.2, 0) is 18.0 Å². The van der Waals surface area contributed by atoms with Crippen molar-refractivity contribution < 1.29 is 19.0 Å². The second kappa shape index (κ2) is 12.2. The minimum absolute atomic E-state index is 0.147. The molecule has 3 heterocycles. The molecular formula is C30H38ClN3O4Si. The number of hydrogen-bond donors (Lipinski definition) is 0. The molecule has 1 atom stereocenters. The fourth-order valence-corrected chi connectivity index (χ4v) is 6.11. The zero-order valence-corrected chi connectivity index (χ0v) is 24.8. The van der Waals surface area contributed by atoms with Crippen LogP contribution in [0.3, 0.4) is 0 Å². The normalized spacial score (nSPS) is 18.3. The average Bonchev–Trinajstić information content (AvgIpc) is 3.32. The quantitative estimate of drug-likeness (QED) is 0.157. The molecule has 2 aliphatic heterocycles. The van der Waals surface area contributed by atoms with Crippen molar-refractivity contribution >= 4 is 26.0 Å². The molecule has 1 fully saturated rings. The Bertz CT molecular complexity index is 1270. The summed E-state index contributed by atoms with van der Waals surface area (Å²) in [6, 6.07) is 15.1. The van der Waals surface area contributed by atoms with E-state index in [-0.39, 0.29) is 6.10 Å². The first-order valence-electron chi connectivity index (χ1n) is 13.8. The lowest BCUT2D eigenvalue weighted by Gasteiger charge is -2.34. The third-order valence-electron chi connectivity index (χ3n) is 7.60. The molecule has 0 amide bonds. The van der Waals surface area contributed by atoms with Crippen molar-refractivity contribution in [1.29, 1.82) is 0 Å². The molecule has 5 rings (SSSR count). The van der Waals surface area contributed by atoms with Gasteiger partial charge in [-0.1, -0.05) is 55.5 Å². The maximum Gasteiger partial charge on any atom is 0.168 e. The van der Waals surface area contributed by atoms with Crippen molar-refractivity contribution in [2.24, 2.45) is 0 Å². The van der Waals surface area contributed by atoms with Crippen LogP contribution in [0.15, 0.2) is 48.7 Å². The molecule has 0 spiro atoms. The van der Waals surface area contributed by atoms with Crippen molar-refractivity contribution in [1.82, 2.24) is 14.5 Å². The van der Waals surface area contributed by atoms with Gasteiger partial charge in [-0.05, 0) is 61.7 Å². The minimum Gasteiger partial charge on any atom is -0.485 e. The molecule has 1 saturated heterocycles. The summed E-state index contributed by atoms with van der Waals surface area (Å²) in [5.74, 6) is 2.97. The van der Waals surface area contributed by atoms with Crippen LogP contribution in [0, 0.1) is 0 Å². The van der Waals surface area contributed by atoms with Crippen molar-refractivity contribution in [3.63, 3.8) is 0 Å². The number of likely N-dealkylation sites (tertiary alicyclic amines) is 1. The number of imidazole rings is 1. The Balaban J connectivity index is 1.19. The van der Waals surface area contributed by atoms with Crippen LogP contribution in [0.2, 0.25) is 30.7 Å². The number of fused-ring (bicyclic) bond motifs is 1. The Kier molecular flexibility index (Phi) is 8.76. The number of hydrogen-bond acceptors (Lipinski definition) is 6. The molecule has 39 heavy (non-hydrogen) atoms.